The average molecular weight is 322 g/mol. The summed E-state index contributed by atoms with van der Waals surface area (Å²) in [5.74, 6) is 0.00276. The van der Waals surface area contributed by atoms with E-state index < -0.39 is 0 Å². The first kappa shape index (κ1) is 14.4. The first-order valence-corrected chi connectivity index (χ1v) is 8.73. The Balaban J connectivity index is 1.60. The fourth-order valence-electron chi connectivity index (χ4n) is 3.14. The predicted octanol–water partition coefficient (Wildman–Crippen LogP) is 4.49. The third kappa shape index (κ3) is 2.43. The first-order valence-electron chi connectivity index (χ1n) is 7.85. The van der Waals surface area contributed by atoms with E-state index in [4.69, 9.17) is 0 Å². The number of carbonyl (C=O) groups is 1. The second-order valence-electron chi connectivity index (χ2n) is 5.85. The van der Waals surface area contributed by atoms with Gasteiger partial charge in [0.15, 0.2) is 0 Å². The molecule has 4 heteroatoms. The van der Waals surface area contributed by atoms with Crippen LogP contribution in [0.5, 0.6) is 0 Å². The lowest BCUT2D eigenvalue weighted by Gasteiger charge is -2.16. The zero-order chi connectivity index (χ0) is 15.9. The summed E-state index contributed by atoms with van der Waals surface area (Å²) in [4.78, 5) is 15.8. The molecule has 2 atom stereocenters. The van der Waals surface area contributed by atoms with E-state index in [1.165, 1.54) is 5.56 Å². The summed E-state index contributed by atoms with van der Waals surface area (Å²) in [6, 6.07) is 18.1. The monoisotopic (exact) mass is 322 g/mol. The number of aromatic amines is 1. The molecule has 1 amide bonds. The predicted molar refractivity (Wildman–Crippen MR) is 95.6 cm³/mol. The van der Waals surface area contributed by atoms with Crippen molar-refractivity contribution in [2.45, 2.75) is 23.5 Å². The minimum Gasteiger partial charge on any atom is -0.361 e. The largest absolute Gasteiger partial charge is 0.361 e. The Morgan fingerprint density at radius 3 is 2.78 bits per heavy atom. The second-order valence-corrected chi connectivity index (χ2v) is 7.29. The molecular formula is C19H18N2OS. The van der Waals surface area contributed by atoms with Gasteiger partial charge in [-0.2, -0.15) is 0 Å². The molecule has 1 fully saturated rings. The molecule has 1 unspecified atom stereocenters. The summed E-state index contributed by atoms with van der Waals surface area (Å²) in [5, 5.41) is 4.58. The van der Waals surface area contributed by atoms with Gasteiger partial charge >= 0.3 is 0 Å². The smallest absolute Gasteiger partial charge is 0.253 e. The zero-order valence-corrected chi connectivity index (χ0v) is 13.7. The highest BCUT2D eigenvalue weighted by molar-refractivity contribution is 8.08. The molecule has 0 saturated carbocycles. The molecule has 0 spiro atoms. The molecule has 116 valence electrons. The number of nitrogens with one attached hydrogen (secondary N) is 2. The molecule has 1 saturated heterocycles. The van der Waals surface area contributed by atoms with Gasteiger partial charge in [0.25, 0.3) is 5.91 Å². The van der Waals surface area contributed by atoms with E-state index in [9.17, 15) is 4.79 Å². The summed E-state index contributed by atoms with van der Waals surface area (Å²) in [5.41, 5.74) is 3.00. The lowest BCUT2D eigenvalue weighted by atomic mass is 10.0. The maximum atomic E-state index is 12.8. The van der Waals surface area contributed by atoms with E-state index in [-0.39, 0.29) is 10.8 Å². The molecule has 1 aromatic heterocycles. The minimum atomic E-state index is -0.184. The molecule has 4 rings (SSSR count). The molecule has 1 aliphatic rings. The van der Waals surface area contributed by atoms with E-state index in [2.05, 4.69) is 41.5 Å². The zero-order valence-electron chi connectivity index (χ0n) is 12.9. The topological polar surface area (TPSA) is 44.9 Å². The van der Waals surface area contributed by atoms with Crippen molar-refractivity contribution in [1.29, 1.82) is 0 Å². The Labute approximate surface area is 139 Å². The maximum Gasteiger partial charge on any atom is 0.253 e. The molecular weight excluding hydrogens is 304 g/mol. The Morgan fingerprint density at radius 1 is 1.17 bits per heavy atom. The van der Waals surface area contributed by atoms with Gasteiger partial charge in [0.2, 0.25) is 0 Å². The van der Waals surface area contributed by atoms with Crippen molar-refractivity contribution >= 4 is 28.6 Å². The molecule has 1 aliphatic heterocycles. The van der Waals surface area contributed by atoms with Crippen LogP contribution in [0.3, 0.4) is 0 Å². The molecule has 0 aliphatic carbocycles. The fraction of sp³-hybridized carbons (Fsp3) is 0.211. The van der Waals surface area contributed by atoms with E-state index >= 15 is 0 Å². The van der Waals surface area contributed by atoms with Crippen molar-refractivity contribution in [3.8, 4) is 0 Å². The van der Waals surface area contributed by atoms with Crippen LogP contribution in [0.2, 0.25) is 0 Å². The molecule has 23 heavy (non-hydrogen) atoms. The second kappa shape index (κ2) is 5.46. The number of rotatable bonds is 4. The van der Waals surface area contributed by atoms with Crippen molar-refractivity contribution in [1.82, 2.24) is 10.3 Å². The molecule has 2 aromatic carbocycles. The van der Waals surface area contributed by atoms with E-state index in [1.807, 2.05) is 48.3 Å². The molecule has 3 nitrogen and oxygen atoms in total. The van der Waals surface area contributed by atoms with E-state index in [0.717, 1.165) is 22.9 Å². The van der Waals surface area contributed by atoms with Crippen LogP contribution >= 0.6 is 11.8 Å². The van der Waals surface area contributed by atoms with Gasteiger partial charge in [-0.3, -0.25) is 4.79 Å². The van der Waals surface area contributed by atoms with Crippen molar-refractivity contribution in [3.05, 3.63) is 71.9 Å². The van der Waals surface area contributed by atoms with Crippen LogP contribution in [0.1, 0.15) is 34.5 Å². The summed E-state index contributed by atoms with van der Waals surface area (Å²) < 4.78 is 0. The normalized spacial score (nSPS) is 22.9. The van der Waals surface area contributed by atoms with Gasteiger partial charge in [-0.1, -0.05) is 43.3 Å². The van der Waals surface area contributed by atoms with Gasteiger partial charge in [-0.05, 0) is 30.2 Å². The Morgan fingerprint density at radius 2 is 2.00 bits per heavy atom. The summed E-state index contributed by atoms with van der Waals surface area (Å²) in [7, 11) is 0. The number of benzene rings is 2. The summed E-state index contributed by atoms with van der Waals surface area (Å²) in [6.07, 6.45) is 2.78. The van der Waals surface area contributed by atoms with Crippen molar-refractivity contribution in [3.63, 3.8) is 0 Å². The van der Waals surface area contributed by atoms with Gasteiger partial charge < -0.3 is 10.3 Å². The van der Waals surface area contributed by atoms with Gasteiger partial charge in [0.05, 0.1) is 5.25 Å². The summed E-state index contributed by atoms with van der Waals surface area (Å²) >= 11 is 1.83. The molecule has 3 aromatic rings. The van der Waals surface area contributed by atoms with Crippen molar-refractivity contribution < 1.29 is 4.79 Å². The highest BCUT2D eigenvalue weighted by Gasteiger charge is 2.56. The number of hydrogen-bond acceptors (Lipinski definition) is 2. The standard InChI is InChI=1S/C19H18N2OS/c1-2-19(17(23-19)13-7-4-3-5-8-13)21-18(22)15-9-6-10-16-14(15)11-12-20-16/h3-12,17,20H,2H2,1H3,(H,21,22)/t17?,19-/m0/s1. The maximum absolute atomic E-state index is 12.8. The number of aromatic nitrogens is 1. The quantitative estimate of drug-likeness (QED) is 0.695. The van der Waals surface area contributed by atoms with Crippen LogP contribution in [-0.2, 0) is 0 Å². The number of hydrogen-bond donors (Lipinski definition) is 2. The van der Waals surface area contributed by atoms with Crippen LogP contribution in [0.25, 0.3) is 10.9 Å². The Bertz CT molecular complexity index is 858. The number of carbonyl (C=O) groups excluding carboxylic acids is 1. The van der Waals surface area contributed by atoms with Crippen LogP contribution in [0, 0.1) is 0 Å². The third-order valence-electron chi connectivity index (χ3n) is 4.49. The first-order chi connectivity index (χ1) is 11.2. The average Bonchev–Trinajstić information content (AvgIpc) is 3.10. The Hall–Kier alpha value is -2.20. The Kier molecular flexibility index (Phi) is 3.42. The number of thioether (sulfide) groups is 1. The third-order valence-corrected chi connectivity index (χ3v) is 6.19. The molecule has 0 bridgehead atoms. The highest BCUT2D eigenvalue weighted by Crippen LogP contribution is 2.64. The highest BCUT2D eigenvalue weighted by atomic mass is 32.2. The van der Waals surface area contributed by atoms with Gasteiger partial charge in [0.1, 0.15) is 4.87 Å². The van der Waals surface area contributed by atoms with Crippen LogP contribution in [-0.4, -0.2) is 15.8 Å². The molecule has 2 heterocycles. The fourth-order valence-corrected chi connectivity index (χ4v) is 4.46. The SMILES string of the molecule is CC[C@]1(NC(=O)c2cccc3[nH]ccc23)SC1c1ccccc1. The lowest BCUT2D eigenvalue weighted by Crippen LogP contribution is -2.37. The van der Waals surface area contributed by atoms with Crippen LogP contribution < -0.4 is 5.32 Å². The van der Waals surface area contributed by atoms with Crippen molar-refractivity contribution in [2.24, 2.45) is 0 Å². The minimum absolute atomic E-state index is 0.00276. The molecule has 2 N–H and O–H groups in total. The number of H-pyrrole nitrogens is 1. The molecule has 0 radical (unpaired) electrons. The van der Waals surface area contributed by atoms with Gasteiger partial charge in [-0.15, -0.1) is 11.8 Å². The number of amides is 1. The summed E-state index contributed by atoms with van der Waals surface area (Å²) in [6.45, 7) is 2.13. The van der Waals surface area contributed by atoms with E-state index in [1.54, 1.807) is 0 Å². The van der Waals surface area contributed by atoms with Crippen molar-refractivity contribution in [2.75, 3.05) is 0 Å². The lowest BCUT2D eigenvalue weighted by molar-refractivity contribution is 0.0936. The van der Waals surface area contributed by atoms with Gasteiger partial charge in [-0.25, -0.2) is 0 Å². The van der Waals surface area contributed by atoms with E-state index in [0.29, 0.717) is 5.25 Å². The van der Waals surface area contributed by atoms with Crippen LogP contribution in [0.4, 0.5) is 0 Å². The van der Waals surface area contributed by atoms with Crippen LogP contribution in [0.15, 0.2) is 60.8 Å². The van der Waals surface area contributed by atoms with Gasteiger partial charge in [0, 0.05) is 22.7 Å². The number of fused-ring (bicyclic) bond motifs is 1.